The summed E-state index contributed by atoms with van der Waals surface area (Å²) in [6, 6.07) is 1.65. The first-order chi connectivity index (χ1) is 8.96. The van der Waals surface area contributed by atoms with Crippen LogP contribution in [0.15, 0.2) is 16.8 Å². The Morgan fingerprint density at radius 3 is 2.42 bits per heavy atom. The normalized spacial score (nSPS) is 10.9. The molecule has 0 rings (SSSR count). The molecule has 2 N–H and O–H groups in total. The van der Waals surface area contributed by atoms with Gasteiger partial charge in [-0.25, -0.2) is 9.80 Å². The first-order valence-electron chi connectivity index (χ1n) is 5.61. The molecule has 0 saturated heterocycles. The van der Waals surface area contributed by atoms with Gasteiger partial charge in [-0.1, -0.05) is 0 Å². The molecule has 0 radical (unpaired) electrons. The zero-order chi connectivity index (χ0) is 14.8. The Kier molecular flexibility index (Phi) is 7.37. The molecule has 0 saturated carbocycles. The van der Waals surface area contributed by atoms with E-state index < -0.39 is 12.0 Å². The number of hydrogen-bond donors (Lipinski definition) is 2. The summed E-state index contributed by atoms with van der Waals surface area (Å²) in [6.45, 7) is 5.20. The summed E-state index contributed by atoms with van der Waals surface area (Å²) in [5.41, 5.74) is 1.99. The maximum Gasteiger partial charge on any atom is 0.425 e. The molecule has 0 heterocycles. The quantitative estimate of drug-likeness (QED) is 0.237. The first kappa shape index (κ1) is 16.4. The number of nitrogens with zero attached hydrogens (tertiary/aromatic N) is 4. The van der Waals surface area contributed by atoms with Crippen LogP contribution in [0.3, 0.4) is 0 Å². The van der Waals surface area contributed by atoms with Gasteiger partial charge in [-0.05, 0) is 13.8 Å². The third-order valence-electron chi connectivity index (χ3n) is 2.19. The van der Waals surface area contributed by atoms with E-state index in [4.69, 9.17) is 10.4 Å². The van der Waals surface area contributed by atoms with Gasteiger partial charge in [0, 0.05) is 26.3 Å². The summed E-state index contributed by atoms with van der Waals surface area (Å²) in [5, 5.41) is 18.1. The molecule has 0 fully saturated rings. The number of hydrogen-bond acceptors (Lipinski definition) is 4. The molecule has 8 heteroatoms. The molecule has 0 bridgehead atoms. The fourth-order valence-electron chi connectivity index (χ4n) is 0.949. The Morgan fingerprint density at radius 2 is 2.00 bits per heavy atom. The number of rotatable bonds is 6. The second kappa shape index (κ2) is 8.52. The molecular formula is C11H17N5O3. The number of amides is 2. The van der Waals surface area contributed by atoms with Gasteiger partial charge in [-0.15, -0.1) is 0 Å². The predicted octanol–water partition coefficient (Wildman–Crippen LogP) is 0.405. The van der Waals surface area contributed by atoms with E-state index in [-0.39, 0.29) is 5.57 Å². The molecule has 19 heavy (non-hydrogen) atoms. The van der Waals surface area contributed by atoms with Crippen LogP contribution in [0, 0.1) is 11.3 Å². The molecule has 0 aliphatic rings. The fourth-order valence-corrected chi connectivity index (χ4v) is 0.949. The molecule has 8 nitrogen and oxygen atoms in total. The SMILES string of the molecule is CCN(C=NC(=O)C(C#N)=CNN(C)C(=O)O)CC. The maximum absolute atomic E-state index is 11.6. The van der Waals surface area contributed by atoms with Gasteiger partial charge in [-0.3, -0.25) is 10.2 Å². The van der Waals surface area contributed by atoms with Crippen molar-refractivity contribution in [2.45, 2.75) is 13.8 Å². The van der Waals surface area contributed by atoms with E-state index in [1.54, 1.807) is 11.0 Å². The Hall–Kier alpha value is -2.56. The van der Waals surface area contributed by atoms with Crippen molar-refractivity contribution in [3.8, 4) is 6.07 Å². The molecular weight excluding hydrogens is 250 g/mol. The van der Waals surface area contributed by atoms with E-state index in [1.807, 2.05) is 13.8 Å². The largest absolute Gasteiger partial charge is 0.464 e. The number of nitriles is 1. The molecule has 0 aromatic heterocycles. The average molecular weight is 267 g/mol. The Labute approximate surface area is 111 Å². The molecule has 0 aromatic carbocycles. The van der Waals surface area contributed by atoms with Crippen LogP contribution in [-0.4, -0.2) is 53.5 Å². The summed E-state index contributed by atoms with van der Waals surface area (Å²) in [4.78, 5) is 27.5. The van der Waals surface area contributed by atoms with Crippen molar-refractivity contribution >= 4 is 18.3 Å². The van der Waals surface area contributed by atoms with E-state index in [9.17, 15) is 9.59 Å². The standard InChI is InChI=1S/C11H17N5O3/c1-4-16(5-2)8-13-10(17)9(6-12)7-14-15(3)11(18)19/h7-8,14H,4-5H2,1-3H3,(H,18,19). The van der Waals surface area contributed by atoms with Gasteiger partial charge in [0.2, 0.25) is 0 Å². The lowest BCUT2D eigenvalue weighted by Gasteiger charge is -2.13. The minimum Gasteiger partial charge on any atom is -0.464 e. The highest BCUT2D eigenvalue weighted by atomic mass is 16.4. The summed E-state index contributed by atoms with van der Waals surface area (Å²) in [7, 11) is 1.23. The monoisotopic (exact) mass is 267 g/mol. The van der Waals surface area contributed by atoms with E-state index in [1.165, 1.54) is 13.4 Å². The van der Waals surface area contributed by atoms with E-state index in [0.29, 0.717) is 18.1 Å². The summed E-state index contributed by atoms with van der Waals surface area (Å²) >= 11 is 0. The van der Waals surface area contributed by atoms with Gasteiger partial charge in [-0.2, -0.15) is 10.3 Å². The topological polar surface area (TPSA) is 109 Å². The van der Waals surface area contributed by atoms with Gasteiger partial charge in [0.15, 0.2) is 0 Å². The predicted molar refractivity (Wildman–Crippen MR) is 69.0 cm³/mol. The molecule has 0 atom stereocenters. The molecule has 0 aromatic rings. The Bertz CT molecular complexity index is 421. The number of carbonyl (C=O) groups excluding carboxylic acids is 1. The number of aliphatic imine (C=N–C) groups is 1. The van der Waals surface area contributed by atoms with E-state index in [2.05, 4.69) is 10.4 Å². The molecule has 0 aliphatic heterocycles. The Balaban J connectivity index is 4.70. The molecule has 0 spiro atoms. The summed E-state index contributed by atoms with van der Waals surface area (Å²) < 4.78 is 0. The second-order valence-electron chi connectivity index (χ2n) is 3.41. The fraction of sp³-hybridized carbons (Fsp3) is 0.455. The average Bonchev–Trinajstić information content (AvgIpc) is 2.40. The maximum atomic E-state index is 11.6. The van der Waals surface area contributed by atoms with Crippen LogP contribution in [0.5, 0.6) is 0 Å². The summed E-state index contributed by atoms with van der Waals surface area (Å²) in [6.07, 6.45) is 1.11. The van der Waals surface area contributed by atoms with Crippen LogP contribution in [0.25, 0.3) is 0 Å². The van der Waals surface area contributed by atoms with E-state index in [0.717, 1.165) is 6.20 Å². The first-order valence-corrected chi connectivity index (χ1v) is 5.61. The summed E-state index contributed by atoms with van der Waals surface area (Å²) in [5.74, 6) is -0.735. The van der Waals surface area contributed by atoms with Gasteiger partial charge in [0.25, 0.3) is 5.91 Å². The zero-order valence-corrected chi connectivity index (χ0v) is 11.1. The van der Waals surface area contributed by atoms with Crippen molar-refractivity contribution in [2.24, 2.45) is 4.99 Å². The van der Waals surface area contributed by atoms with Crippen molar-refractivity contribution in [2.75, 3.05) is 20.1 Å². The van der Waals surface area contributed by atoms with Crippen molar-refractivity contribution < 1.29 is 14.7 Å². The van der Waals surface area contributed by atoms with Crippen LogP contribution in [0.1, 0.15) is 13.8 Å². The zero-order valence-electron chi connectivity index (χ0n) is 11.1. The lowest BCUT2D eigenvalue weighted by Crippen LogP contribution is -2.35. The lowest BCUT2D eigenvalue weighted by molar-refractivity contribution is -0.114. The highest BCUT2D eigenvalue weighted by molar-refractivity contribution is 6.01. The van der Waals surface area contributed by atoms with Crippen LogP contribution in [-0.2, 0) is 4.79 Å². The highest BCUT2D eigenvalue weighted by Crippen LogP contribution is 1.95. The second-order valence-corrected chi connectivity index (χ2v) is 3.41. The van der Waals surface area contributed by atoms with E-state index >= 15 is 0 Å². The van der Waals surface area contributed by atoms with Gasteiger partial charge in [0.05, 0.1) is 6.34 Å². The minimum absolute atomic E-state index is 0.281. The highest BCUT2D eigenvalue weighted by Gasteiger charge is 2.09. The van der Waals surface area contributed by atoms with Gasteiger partial charge >= 0.3 is 6.09 Å². The van der Waals surface area contributed by atoms with Crippen LogP contribution >= 0.6 is 0 Å². The smallest absolute Gasteiger partial charge is 0.425 e. The molecule has 0 unspecified atom stereocenters. The number of nitrogens with one attached hydrogen (secondary N) is 1. The lowest BCUT2D eigenvalue weighted by atomic mass is 10.3. The van der Waals surface area contributed by atoms with Crippen LogP contribution in [0.2, 0.25) is 0 Å². The van der Waals surface area contributed by atoms with Gasteiger partial charge < -0.3 is 10.0 Å². The van der Waals surface area contributed by atoms with Crippen molar-refractivity contribution in [3.63, 3.8) is 0 Å². The van der Waals surface area contributed by atoms with Crippen LogP contribution < -0.4 is 5.43 Å². The van der Waals surface area contributed by atoms with Crippen molar-refractivity contribution in [3.05, 3.63) is 11.8 Å². The minimum atomic E-state index is -1.24. The molecule has 104 valence electrons. The third kappa shape index (κ3) is 6.07. The number of carboxylic acid groups (broad SMARTS) is 1. The van der Waals surface area contributed by atoms with Gasteiger partial charge in [0.1, 0.15) is 11.6 Å². The number of carbonyl (C=O) groups is 2. The molecule has 0 aliphatic carbocycles. The third-order valence-corrected chi connectivity index (χ3v) is 2.19. The van der Waals surface area contributed by atoms with Crippen molar-refractivity contribution in [1.82, 2.24) is 15.3 Å². The Morgan fingerprint density at radius 1 is 1.42 bits per heavy atom. The molecule has 2 amide bonds. The number of hydrazine groups is 1. The van der Waals surface area contributed by atoms with Crippen LogP contribution in [0.4, 0.5) is 4.79 Å². The van der Waals surface area contributed by atoms with Crippen molar-refractivity contribution in [1.29, 1.82) is 5.26 Å².